The van der Waals surface area contributed by atoms with Crippen LogP contribution in [0.3, 0.4) is 0 Å². The number of alkyl halides is 2. The van der Waals surface area contributed by atoms with Crippen LogP contribution in [0.4, 0.5) is 26.4 Å². The summed E-state index contributed by atoms with van der Waals surface area (Å²) in [5.41, 5.74) is 1.37. The molecule has 3 aromatic heterocycles. The van der Waals surface area contributed by atoms with Gasteiger partial charge in [0.2, 0.25) is 29.4 Å². The summed E-state index contributed by atoms with van der Waals surface area (Å²) in [6.07, 6.45) is -1.19. The van der Waals surface area contributed by atoms with E-state index in [-0.39, 0.29) is 23.4 Å². The van der Waals surface area contributed by atoms with Crippen LogP contribution in [0.15, 0.2) is 53.2 Å². The molecular weight excluding hydrogens is 422 g/mol. The molecule has 0 unspecified atom stereocenters. The van der Waals surface area contributed by atoms with Gasteiger partial charge in [-0.2, -0.15) is 19.9 Å². The van der Waals surface area contributed by atoms with Crippen LogP contribution < -0.4 is 15.0 Å². The van der Waals surface area contributed by atoms with Crippen LogP contribution in [0.1, 0.15) is 0 Å². The first kappa shape index (κ1) is 21.0. The van der Waals surface area contributed by atoms with Gasteiger partial charge in [0.25, 0.3) is 12.3 Å². The van der Waals surface area contributed by atoms with E-state index < -0.39 is 13.0 Å². The molecule has 0 aliphatic carbocycles. The molecular formula is C20H18F2N8O2. The fourth-order valence-corrected chi connectivity index (χ4v) is 2.67. The number of rotatable bonds is 8. The number of benzene rings is 1. The van der Waals surface area contributed by atoms with Crippen LogP contribution in [0.2, 0.25) is 0 Å². The second-order valence-corrected chi connectivity index (χ2v) is 6.44. The third-order valence-corrected chi connectivity index (χ3v) is 4.26. The van der Waals surface area contributed by atoms with Crippen molar-refractivity contribution in [2.45, 2.75) is 6.43 Å². The van der Waals surface area contributed by atoms with Crippen molar-refractivity contribution in [1.82, 2.24) is 30.1 Å². The predicted octanol–water partition coefficient (Wildman–Crippen LogP) is 3.44. The fourth-order valence-electron chi connectivity index (χ4n) is 2.67. The molecule has 0 atom stereocenters. The maximum absolute atomic E-state index is 12.2. The molecule has 0 radical (unpaired) electrons. The number of nitrogens with one attached hydrogen (secondary N) is 1. The molecule has 0 amide bonds. The van der Waals surface area contributed by atoms with Gasteiger partial charge in [0.1, 0.15) is 0 Å². The van der Waals surface area contributed by atoms with Gasteiger partial charge in [0.15, 0.2) is 6.61 Å². The summed E-state index contributed by atoms with van der Waals surface area (Å²) in [4.78, 5) is 23.2. The molecule has 0 fully saturated rings. The van der Waals surface area contributed by atoms with Gasteiger partial charge in [-0.25, -0.2) is 13.8 Å². The highest BCUT2D eigenvalue weighted by Gasteiger charge is 2.18. The summed E-state index contributed by atoms with van der Waals surface area (Å²) in [7, 11) is 3.52. The van der Waals surface area contributed by atoms with Gasteiger partial charge in [-0.05, 0) is 18.2 Å². The number of nitrogens with zero attached hydrogens (tertiary/aromatic N) is 7. The SMILES string of the molecule is CNc1nc(-c2noc(-c3ccc(OCC(F)F)nc3)n2)nc(N(C)c2ccccc2)n1. The standard InChI is InChI=1S/C20H18F2N8O2/c1-23-19-26-16(27-20(28-19)30(2)13-6-4-3-5-7-13)17-25-18(32-29-17)12-8-9-15(24-10-12)31-11-14(21)22/h3-10,14H,11H2,1-2H3,(H,23,26,27,28). The van der Waals surface area contributed by atoms with Crippen molar-refractivity contribution in [3.8, 4) is 29.0 Å². The van der Waals surface area contributed by atoms with Gasteiger partial charge in [-0.3, -0.25) is 0 Å². The number of anilines is 3. The monoisotopic (exact) mass is 440 g/mol. The van der Waals surface area contributed by atoms with Crippen molar-refractivity contribution in [1.29, 1.82) is 0 Å². The van der Waals surface area contributed by atoms with Crippen LogP contribution in [-0.2, 0) is 0 Å². The van der Waals surface area contributed by atoms with E-state index in [1.807, 2.05) is 37.4 Å². The van der Waals surface area contributed by atoms with Crippen molar-refractivity contribution in [2.24, 2.45) is 0 Å². The summed E-state index contributed by atoms with van der Waals surface area (Å²) in [6, 6.07) is 12.6. The van der Waals surface area contributed by atoms with Crippen LogP contribution in [-0.4, -0.2) is 57.2 Å². The van der Waals surface area contributed by atoms with Crippen LogP contribution >= 0.6 is 0 Å². The second kappa shape index (κ2) is 9.29. The van der Waals surface area contributed by atoms with Crippen molar-refractivity contribution < 1.29 is 18.0 Å². The van der Waals surface area contributed by atoms with Crippen molar-refractivity contribution >= 4 is 17.6 Å². The van der Waals surface area contributed by atoms with E-state index in [2.05, 4.69) is 35.4 Å². The van der Waals surface area contributed by atoms with Crippen LogP contribution in [0.5, 0.6) is 5.88 Å². The quantitative estimate of drug-likeness (QED) is 0.437. The third-order valence-electron chi connectivity index (χ3n) is 4.26. The normalized spacial score (nSPS) is 10.9. The lowest BCUT2D eigenvalue weighted by molar-refractivity contribution is 0.0796. The molecule has 1 N–H and O–H groups in total. The Morgan fingerprint density at radius 2 is 1.84 bits per heavy atom. The molecule has 0 saturated carbocycles. The number of halogens is 2. The van der Waals surface area contributed by atoms with E-state index in [0.717, 1.165) is 5.69 Å². The van der Waals surface area contributed by atoms with Gasteiger partial charge >= 0.3 is 0 Å². The first-order valence-corrected chi connectivity index (χ1v) is 9.47. The van der Waals surface area contributed by atoms with Gasteiger partial charge in [0, 0.05) is 32.0 Å². The lowest BCUT2D eigenvalue weighted by Crippen LogP contribution is -2.15. The van der Waals surface area contributed by atoms with Crippen LogP contribution in [0, 0.1) is 0 Å². The zero-order valence-corrected chi connectivity index (χ0v) is 17.1. The topological polar surface area (TPSA) is 115 Å². The molecule has 10 nitrogen and oxygen atoms in total. The van der Waals surface area contributed by atoms with Crippen LogP contribution in [0.25, 0.3) is 23.1 Å². The van der Waals surface area contributed by atoms with Gasteiger partial charge in [-0.1, -0.05) is 23.4 Å². The highest BCUT2D eigenvalue weighted by atomic mass is 19.3. The molecule has 4 aromatic rings. The van der Waals surface area contributed by atoms with Crippen molar-refractivity contribution in [2.75, 3.05) is 30.9 Å². The Hall–Kier alpha value is -4.22. The van der Waals surface area contributed by atoms with E-state index in [9.17, 15) is 8.78 Å². The van der Waals surface area contributed by atoms with Crippen molar-refractivity contribution in [3.05, 3.63) is 48.7 Å². The zero-order chi connectivity index (χ0) is 22.5. The minimum absolute atomic E-state index is 0.0681. The number of para-hydroxylation sites is 1. The molecule has 12 heteroatoms. The van der Waals surface area contributed by atoms with E-state index in [0.29, 0.717) is 17.5 Å². The van der Waals surface area contributed by atoms with E-state index in [1.54, 1.807) is 18.0 Å². The molecule has 0 aliphatic rings. The predicted molar refractivity (Wildman–Crippen MR) is 112 cm³/mol. The average Bonchev–Trinajstić information content (AvgIpc) is 3.33. The lowest BCUT2D eigenvalue weighted by Gasteiger charge is -2.17. The minimum Gasteiger partial charge on any atom is -0.472 e. The number of ether oxygens (including phenoxy) is 1. The Labute approximate surface area is 181 Å². The van der Waals surface area contributed by atoms with Gasteiger partial charge in [-0.15, -0.1) is 0 Å². The molecule has 4 rings (SSSR count). The second-order valence-electron chi connectivity index (χ2n) is 6.44. The number of hydrogen-bond acceptors (Lipinski definition) is 10. The van der Waals surface area contributed by atoms with E-state index >= 15 is 0 Å². The number of aromatic nitrogens is 6. The molecule has 32 heavy (non-hydrogen) atoms. The van der Waals surface area contributed by atoms with Gasteiger partial charge < -0.3 is 19.5 Å². The Morgan fingerprint density at radius 1 is 1.03 bits per heavy atom. The summed E-state index contributed by atoms with van der Waals surface area (Å²) in [6.45, 7) is -0.732. The molecule has 164 valence electrons. The highest BCUT2D eigenvalue weighted by molar-refractivity contribution is 5.60. The summed E-state index contributed by atoms with van der Waals surface area (Å²) in [5.74, 6) is 1.32. The largest absolute Gasteiger partial charge is 0.472 e. The molecule has 0 aliphatic heterocycles. The van der Waals surface area contributed by atoms with E-state index in [1.165, 1.54) is 12.3 Å². The first-order valence-electron chi connectivity index (χ1n) is 9.47. The van der Waals surface area contributed by atoms with Gasteiger partial charge in [0.05, 0.1) is 5.56 Å². The maximum Gasteiger partial charge on any atom is 0.272 e. The zero-order valence-electron chi connectivity index (χ0n) is 17.1. The summed E-state index contributed by atoms with van der Waals surface area (Å²) < 4.78 is 34.7. The van der Waals surface area contributed by atoms with Crippen molar-refractivity contribution in [3.63, 3.8) is 0 Å². The lowest BCUT2D eigenvalue weighted by atomic mass is 10.3. The summed E-state index contributed by atoms with van der Waals surface area (Å²) in [5, 5.41) is 6.85. The molecule has 0 saturated heterocycles. The Kier molecular flexibility index (Phi) is 6.10. The molecule has 0 spiro atoms. The molecule has 0 bridgehead atoms. The number of pyridine rings is 1. The Balaban J connectivity index is 1.59. The Bertz CT molecular complexity index is 1170. The minimum atomic E-state index is -2.58. The number of hydrogen-bond donors (Lipinski definition) is 1. The average molecular weight is 440 g/mol. The maximum atomic E-state index is 12.2. The smallest absolute Gasteiger partial charge is 0.272 e. The highest BCUT2D eigenvalue weighted by Crippen LogP contribution is 2.25. The Morgan fingerprint density at radius 3 is 2.53 bits per heavy atom. The van der Waals surface area contributed by atoms with E-state index in [4.69, 9.17) is 9.26 Å². The third kappa shape index (κ3) is 4.74. The first-order chi connectivity index (χ1) is 15.5. The molecule has 3 heterocycles. The summed E-state index contributed by atoms with van der Waals surface area (Å²) >= 11 is 0. The fraction of sp³-hybridized carbons (Fsp3) is 0.200. The molecule has 1 aromatic carbocycles.